The van der Waals surface area contributed by atoms with E-state index in [-0.39, 0.29) is 21.9 Å². The van der Waals surface area contributed by atoms with Crippen molar-refractivity contribution in [2.75, 3.05) is 16.6 Å². The van der Waals surface area contributed by atoms with Crippen molar-refractivity contribution in [1.82, 2.24) is 4.57 Å². The van der Waals surface area contributed by atoms with Crippen LogP contribution in [0.5, 0.6) is 0 Å². The molecule has 46 heavy (non-hydrogen) atoms. The zero-order chi connectivity index (χ0) is 31.8. The predicted molar refractivity (Wildman–Crippen MR) is 199 cm³/mol. The van der Waals surface area contributed by atoms with Crippen LogP contribution >= 0.6 is 43.2 Å². The average Bonchev–Trinajstić information content (AvgIpc) is 3.85. The maximum Gasteiger partial charge on any atom is 0.263 e. The Hall–Kier alpha value is -3.19. The number of fused-ring (bicyclic) bond motifs is 3. The second-order valence-corrected chi connectivity index (χ2v) is 17.9. The quantitative estimate of drug-likeness (QED) is 0.0468. The van der Waals surface area contributed by atoms with Crippen LogP contribution in [0, 0.1) is 0 Å². The molecule has 0 spiro atoms. The Labute approximate surface area is 283 Å². The fourth-order valence-electron chi connectivity index (χ4n) is 5.79. The Balaban J connectivity index is 1.28. The Morgan fingerprint density at radius 3 is 2.65 bits per heavy atom. The number of allylic oxidation sites excluding steroid dienone is 1. The van der Waals surface area contributed by atoms with Crippen LogP contribution in [0.15, 0.2) is 101 Å². The van der Waals surface area contributed by atoms with Gasteiger partial charge in [0.15, 0.2) is 6.54 Å². The molecule has 3 aromatic carbocycles. The number of rotatable bonds is 10. The molecule has 11 heteroatoms. The van der Waals surface area contributed by atoms with Crippen molar-refractivity contribution in [2.45, 2.75) is 38.1 Å². The maximum absolute atomic E-state index is 11.5. The Morgan fingerprint density at radius 2 is 1.87 bits per heavy atom. The SMILES string of the molecule is CCC(/C=S1\Sc2ccc(-n3cccc3)cc2N1CC)=C\c1sc2ccc(-c3cccc4ccsc34)cc2[n+]1CCCS(=O)(=O)[O-]. The lowest BCUT2D eigenvalue weighted by molar-refractivity contribution is -0.668. The number of thiazole rings is 1. The molecule has 236 valence electrons. The Bertz CT molecular complexity index is 2230. The van der Waals surface area contributed by atoms with Gasteiger partial charge < -0.3 is 13.4 Å². The minimum absolute atomic E-state index is 0.177. The van der Waals surface area contributed by atoms with Gasteiger partial charge in [-0.05, 0) is 109 Å². The third-order valence-electron chi connectivity index (χ3n) is 8.06. The fraction of sp³-hybridized carbons (Fsp3) is 0.200. The second kappa shape index (κ2) is 13.1. The first-order valence-corrected chi connectivity index (χ1v) is 21.0. The van der Waals surface area contributed by atoms with Crippen LogP contribution in [0.1, 0.15) is 31.7 Å². The van der Waals surface area contributed by atoms with Gasteiger partial charge in [0.1, 0.15) is 4.70 Å². The highest BCUT2D eigenvalue weighted by molar-refractivity contribution is 8.84. The lowest BCUT2D eigenvalue weighted by atomic mass is 10.0. The third-order valence-corrected chi connectivity index (χ3v) is 14.9. The maximum atomic E-state index is 11.5. The van der Waals surface area contributed by atoms with Crippen molar-refractivity contribution in [3.8, 4) is 16.8 Å². The Kier molecular flexibility index (Phi) is 8.97. The molecular weight excluding hydrogens is 671 g/mol. The summed E-state index contributed by atoms with van der Waals surface area (Å²) in [4.78, 5) is 1.29. The first-order chi connectivity index (χ1) is 22.3. The van der Waals surface area contributed by atoms with Gasteiger partial charge in [0.2, 0.25) is 5.52 Å². The summed E-state index contributed by atoms with van der Waals surface area (Å²) in [7, 11) is -2.57. The van der Waals surface area contributed by atoms with Gasteiger partial charge in [0.05, 0.1) is 15.8 Å². The van der Waals surface area contributed by atoms with Crippen LogP contribution in [0.25, 0.3) is 43.2 Å². The molecule has 7 rings (SSSR count). The van der Waals surface area contributed by atoms with Gasteiger partial charge in [-0.3, -0.25) is 0 Å². The zero-order valence-electron chi connectivity index (χ0n) is 25.5. The molecular formula is C35H33N3O3S5. The molecule has 4 heterocycles. The van der Waals surface area contributed by atoms with Crippen molar-refractivity contribution in [1.29, 1.82) is 0 Å². The molecule has 3 aromatic heterocycles. The van der Waals surface area contributed by atoms with E-state index in [1.165, 1.54) is 31.8 Å². The molecule has 0 amide bonds. The van der Waals surface area contributed by atoms with Gasteiger partial charge in [0, 0.05) is 58.5 Å². The van der Waals surface area contributed by atoms with E-state index in [4.69, 9.17) is 0 Å². The molecule has 1 atom stereocenters. The van der Waals surface area contributed by atoms with E-state index in [0.717, 1.165) is 39.4 Å². The highest BCUT2D eigenvalue weighted by Crippen LogP contribution is 2.55. The summed E-state index contributed by atoms with van der Waals surface area (Å²) in [6.07, 6.45) is 7.53. The van der Waals surface area contributed by atoms with Gasteiger partial charge in [0.25, 0.3) is 5.01 Å². The highest BCUT2D eigenvalue weighted by atomic mass is 33.1. The lowest BCUT2D eigenvalue weighted by Gasteiger charge is -2.19. The minimum Gasteiger partial charge on any atom is -0.748 e. The molecule has 0 N–H and O–H groups in total. The van der Waals surface area contributed by atoms with Gasteiger partial charge in [-0.2, -0.15) is 4.57 Å². The zero-order valence-corrected chi connectivity index (χ0v) is 29.5. The first kappa shape index (κ1) is 31.4. The summed E-state index contributed by atoms with van der Waals surface area (Å²) in [5, 5.41) is 6.79. The van der Waals surface area contributed by atoms with E-state index in [1.54, 1.807) is 22.7 Å². The average molecular weight is 704 g/mol. The molecule has 0 bridgehead atoms. The largest absolute Gasteiger partial charge is 0.748 e. The molecule has 0 saturated heterocycles. The molecule has 6 nitrogen and oxygen atoms in total. The third kappa shape index (κ3) is 6.36. The number of hydrogen-bond donors (Lipinski definition) is 0. The van der Waals surface area contributed by atoms with Gasteiger partial charge in [-0.15, -0.1) is 11.3 Å². The molecule has 1 aliphatic heterocycles. The normalized spacial score (nSPS) is 15.4. The smallest absolute Gasteiger partial charge is 0.263 e. The van der Waals surface area contributed by atoms with Crippen molar-refractivity contribution in [2.24, 2.45) is 0 Å². The fourth-order valence-corrected chi connectivity index (χ4v) is 12.7. The number of hydrogen-bond acceptors (Lipinski definition) is 7. The number of aryl methyl sites for hydroxylation is 1. The van der Waals surface area contributed by atoms with E-state index in [9.17, 15) is 13.0 Å². The van der Waals surface area contributed by atoms with E-state index >= 15 is 0 Å². The van der Waals surface area contributed by atoms with Crippen LogP contribution < -0.4 is 8.87 Å². The molecule has 0 saturated carbocycles. The summed E-state index contributed by atoms with van der Waals surface area (Å²) in [6.45, 7) is 5.74. The van der Waals surface area contributed by atoms with Crippen molar-refractivity contribution < 1.29 is 17.5 Å². The summed E-state index contributed by atoms with van der Waals surface area (Å²) in [5.74, 6) is -0.379. The van der Waals surface area contributed by atoms with Crippen molar-refractivity contribution >= 4 is 90.7 Å². The topological polar surface area (TPSA) is 69.2 Å². The summed E-state index contributed by atoms with van der Waals surface area (Å²) >= 11 is 3.45. The second-order valence-electron chi connectivity index (χ2n) is 11.0. The number of nitrogens with zero attached hydrogens (tertiary/aromatic N) is 3. The van der Waals surface area contributed by atoms with Crippen LogP contribution in [0.3, 0.4) is 0 Å². The lowest BCUT2D eigenvalue weighted by Crippen LogP contribution is -2.36. The van der Waals surface area contributed by atoms with Gasteiger partial charge in [-0.25, -0.2) is 8.42 Å². The summed E-state index contributed by atoms with van der Waals surface area (Å²) < 4.78 is 43.8. The predicted octanol–water partition coefficient (Wildman–Crippen LogP) is 9.12. The number of benzene rings is 3. The van der Waals surface area contributed by atoms with Crippen molar-refractivity contribution in [3.05, 3.63) is 101 Å². The molecule has 1 unspecified atom stereocenters. The van der Waals surface area contributed by atoms with Crippen LogP contribution in [0.2, 0.25) is 0 Å². The minimum atomic E-state index is -4.30. The number of thiophene rings is 1. The van der Waals surface area contributed by atoms with Crippen LogP contribution in [0.4, 0.5) is 5.69 Å². The molecule has 0 fully saturated rings. The monoisotopic (exact) mass is 703 g/mol. The van der Waals surface area contributed by atoms with E-state index in [0.29, 0.717) is 6.54 Å². The summed E-state index contributed by atoms with van der Waals surface area (Å²) in [6, 6.07) is 25.9. The van der Waals surface area contributed by atoms with Gasteiger partial charge in [-0.1, -0.05) is 42.5 Å². The van der Waals surface area contributed by atoms with Crippen molar-refractivity contribution in [3.63, 3.8) is 0 Å². The first-order valence-electron chi connectivity index (χ1n) is 15.2. The molecule has 0 aliphatic carbocycles. The number of anilines is 1. The molecule has 0 radical (unpaired) electrons. The highest BCUT2D eigenvalue weighted by Gasteiger charge is 2.25. The number of aromatic nitrogens is 2. The van der Waals surface area contributed by atoms with E-state index < -0.39 is 10.1 Å². The Morgan fingerprint density at radius 1 is 1.02 bits per heavy atom. The van der Waals surface area contributed by atoms with Gasteiger partial charge >= 0.3 is 0 Å². The summed E-state index contributed by atoms with van der Waals surface area (Å²) in [5.41, 5.74) is 7.01. The van der Waals surface area contributed by atoms with Crippen LogP contribution in [-0.4, -0.2) is 35.2 Å². The van der Waals surface area contributed by atoms with Crippen LogP contribution in [-0.2, 0) is 16.7 Å². The molecule has 6 aromatic rings. The molecule has 1 aliphatic rings. The standard InChI is InChI=1S/C35H33N3O3S5/c1-3-25(24-45-38(4-2)31-23-28(12-14-33(31)44-45)36-16-5-6-17-36)21-34-37(18-8-20-46(39,40)41)30-22-27(11-13-32(30)43-34)29-10-7-9-26-15-19-42-35(26)29/h5-7,9-17,19,21-24H,3-4,8,18,20H2,1-2H3/b25-21+. The van der Waals surface area contributed by atoms with E-state index in [1.807, 2.05) is 22.9 Å². The van der Waals surface area contributed by atoms with E-state index in [2.05, 4.69) is 117 Å².